The Morgan fingerprint density at radius 2 is 1.90 bits per heavy atom. The van der Waals surface area contributed by atoms with E-state index in [9.17, 15) is 9.59 Å². The van der Waals surface area contributed by atoms with E-state index in [0.717, 1.165) is 10.0 Å². The van der Waals surface area contributed by atoms with Crippen molar-refractivity contribution in [3.63, 3.8) is 0 Å². The average Bonchev–Trinajstić information content (AvgIpc) is 2.40. The van der Waals surface area contributed by atoms with E-state index in [1.54, 1.807) is 6.07 Å². The number of nitrogens with one attached hydrogen (secondary N) is 1. The number of hydrogen-bond acceptors (Lipinski definition) is 2. The molecule has 1 aromatic rings. The molecular formula is C15H20BrNO3. The molecule has 0 aliphatic carbocycles. The number of carboxylic acid groups (broad SMARTS) is 1. The normalized spacial score (nSPS) is 11.2. The van der Waals surface area contributed by atoms with Gasteiger partial charge >= 0.3 is 5.97 Å². The lowest BCUT2D eigenvalue weighted by atomic mass is 9.88. The highest BCUT2D eigenvalue weighted by atomic mass is 79.9. The van der Waals surface area contributed by atoms with E-state index in [-0.39, 0.29) is 12.3 Å². The van der Waals surface area contributed by atoms with Gasteiger partial charge in [-0.25, -0.2) is 0 Å². The van der Waals surface area contributed by atoms with Gasteiger partial charge in [-0.05, 0) is 37.5 Å². The van der Waals surface area contributed by atoms with Crippen LogP contribution in [0.25, 0.3) is 0 Å². The summed E-state index contributed by atoms with van der Waals surface area (Å²) in [6.07, 6.45) is 1.09. The second kappa shape index (κ2) is 6.88. The van der Waals surface area contributed by atoms with Crippen LogP contribution in [0.2, 0.25) is 0 Å². The number of amides is 1. The Morgan fingerprint density at radius 3 is 2.40 bits per heavy atom. The molecular weight excluding hydrogens is 322 g/mol. The maximum Gasteiger partial charge on any atom is 0.305 e. The van der Waals surface area contributed by atoms with Crippen LogP contribution in [0.3, 0.4) is 0 Å². The molecule has 0 bridgehead atoms. The fourth-order valence-corrected chi connectivity index (χ4v) is 2.52. The van der Waals surface area contributed by atoms with Gasteiger partial charge in [-0.2, -0.15) is 0 Å². The van der Waals surface area contributed by atoms with Crippen molar-refractivity contribution in [2.45, 2.75) is 45.6 Å². The third kappa shape index (κ3) is 4.07. The Labute approximate surface area is 127 Å². The first kappa shape index (κ1) is 16.7. The minimum Gasteiger partial charge on any atom is -0.481 e. The lowest BCUT2D eigenvalue weighted by Crippen LogP contribution is -2.49. The van der Waals surface area contributed by atoms with Gasteiger partial charge in [0.15, 0.2) is 0 Å². The predicted molar refractivity (Wildman–Crippen MR) is 81.9 cm³/mol. The molecule has 1 amide bonds. The number of benzene rings is 1. The van der Waals surface area contributed by atoms with Crippen LogP contribution in [-0.2, 0) is 4.79 Å². The number of carboxylic acids is 1. The second-order valence-electron chi connectivity index (χ2n) is 4.97. The molecule has 110 valence electrons. The van der Waals surface area contributed by atoms with Gasteiger partial charge in [0.2, 0.25) is 0 Å². The number of rotatable bonds is 6. The Bertz CT molecular complexity index is 510. The van der Waals surface area contributed by atoms with Crippen molar-refractivity contribution < 1.29 is 14.7 Å². The van der Waals surface area contributed by atoms with Crippen LogP contribution in [0.1, 0.15) is 49.0 Å². The van der Waals surface area contributed by atoms with E-state index in [2.05, 4.69) is 21.2 Å². The lowest BCUT2D eigenvalue weighted by Gasteiger charge is -2.31. The van der Waals surface area contributed by atoms with Crippen molar-refractivity contribution in [3.05, 3.63) is 33.8 Å². The zero-order valence-electron chi connectivity index (χ0n) is 12.0. The van der Waals surface area contributed by atoms with Gasteiger partial charge in [0.25, 0.3) is 5.91 Å². The molecule has 0 aromatic heterocycles. The van der Waals surface area contributed by atoms with Crippen LogP contribution in [0, 0.1) is 6.92 Å². The zero-order chi connectivity index (χ0) is 15.3. The summed E-state index contributed by atoms with van der Waals surface area (Å²) in [5.41, 5.74) is 0.732. The number of halogens is 1. The van der Waals surface area contributed by atoms with E-state index < -0.39 is 11.5 Å². The van der Waals surface area contributed by atoms with Crippen LogP contribution in [-0.4, -0.2) is 22.5 Å². The molecule has 1 rings (SSSR count). The summed E-state index contributed by atoms with van der Waals surface area (Å²) in [6.45, 7) is 5.64. The first-order chi connectivity index (χ1) is 9.33. The number of aliphatic carboxylic acids is 1. The molecule has 0 fully saturated rings. The van der Waals surface area contributed by atoms with Gasteiger partial charge in [0.05, 0.1) is 12.0 Å². The first-order valence-corrected chi connectivity index (χ1v) is 7.43. The summed E-state index contributed by atoms with van der Waals surface area (Å²) in [5, 5.41) is 11.9. The van der Waals surface area contributed by atoms with Crippen molar-refractivity contribution in [1.29, 1.82) is 0 Å². The van der Waals surface area contributed by atoms with E-state index in [0.29, 0.717) is 18.4 Å². The van der Waals surface area contributed by atoms with Gasteiger partial charge in [0, 0.05) is 10.0 Å². The number of hydrogen-bond donors (Lipinski definition) is 2. The van der Waals surface area contributed by atoms with E-state index in [4.69, 9.17) is 5.11 Å². The summed E-state index contributed by atoms with van der Waals surface area (Å²) in [6, 6.07) is 5.48. The maximum atomic E-state index is 12.4. The summed E-state index contributed by atoms with van der Waals surface area (Å²) in [7, 11) is 0. The number of aryl methyl sites for hydroxylation is 1. The Morgan fingerprint density at radius 1 is 1.30 bits per heavy atom. The third-order valence-corrected chi connectivity index (χ3v) is 4.16. The molecule has 1 aromatic carbocycles. The van der Waals surface area contributed by atoms with E-state index in [1.807, 2.05) is 32.9 Å². The van der Waals surface area contributed by atoms with Gasteiger partial charge in [-0.3, -0.25) is 9.59 Å². The molecule has 20 heavy (non-hydrogen) atoms. The van der Waals surface area contributed by atoms with Crippen molar-refractivity contribution in [1.82, 2.24) is 5.32 Å². The standard InChI is InChI=1S/C15H20BrNO3/c1-4-15(5-2,9-13(18)19)17-14(20)12-8-11(16)7-6-10(12)3/h6-8H,4-5,9H2,1-3H3,(H,17,20)(H,18,19). The molecule has 0 aliphatic rings. The predicted octanol–water partition coefficient (Wildman–Crippen LogP) is 3.52. The molecule has 0 saturated carbocycles. The van der Waals surface area contributed by atoms with Gasteiger partial charge in [0.1, 0.15) is 0 Å². The quantitative estimate of drug-likeness (QED) is 0.831. The Balaban J connectivity index is 3.02. The fourth-order valence-electron chi connectivity index (χ4n) is 2.16. The third-order valence-electron chi connectivity index (χ3n) is 3.67. The second-order valence-corrected chi connectivity index (χ2v) is 5.89. The first-order valence-electron chi connectivity index (χ1n) is 6.64. The van der Waals surface area contributed by atoms with Gasteiger partial charge in [-0.1, -0.05) is 35.8 Å². The topological polar surface area (TPSA) is 66.4 Å². The average molecular weight is 342 g/mol. The molecule has 0 aliphatic heterocycles. The van der Waals surface area contributed by atoms with E-state index in [1.165, 1.54) is 0 Å². The molecule has 0 heterocycles. The summed E-state index contributed by atoms with van der Waals surface area (Å²) >= 11 is 3.34. The van der Waals surface area contributed by atoms with Crippen LogP contribution in [0.15, 0.2) is 22.7 Å². The van der Waals surface area contributed by atoms with E-state index >= 15 is 0 Å². The zero-order valence-corrected chi connectivity index (χ0v) is 13.6. The lowest BCUT2D eigenvalue weighted by molar-refractivity contribution is -0.138. The van der Waals surface area contributed by atoms with Crippen molar-refractivity contribution in [2.75, 3.05) is 0 Å². The minimum atomic E-state index is -0.903. The highest BCUT2D eigenvalue weighted by Crippen LogP contribution is 2.22. The summed E-state index contributed by atoms with van der Waals surface area (Å²) < 4.78 is 0.824. The van der Waals surface area contributed by atoms with Crippen LogP contribution < -0.4 is 5.32 Å². The van der Waals surface area contributed by atoms with Crippen LogP contribution >= 0.6 is 15.9 Å². The number of carbonyl (C=O) groups excluding carboxylic acids is 1. The molecule has 4 nitrogen and oxygen atoms in total. The maximum absolute atomic E-state index is 12.4. The SMILES string of the molecule is CCC(CC)(CC(=O)O)NC(=O)c1cc(Br)ccc1C. The molecule has 5 heteroatoms. The monoisotopic (exact) mass is 341 g/mol. The van der Waals surface area contributed by atoms with Crippen molar-refractivity contribution in [3.8, 4) is 0 Å². The highest BCUT2D eigenvalue weighted by molar-refractivity contribution is 9.10. The largest absolute Gasteiger partial charge is 0.481 e. The Hall–Kier alpha value is -1.36. The molecule has 0 unspecified atom stereocenters. The number of carbonyl (C=O) groups is 2. The van der Waals surface area contributed by atoms with Crippen molar-refractivity contribution in [2.24, 2.45) is 0 Å². The fraction of sp³-hybridized carbons (Fsp3) is 0.467. The Kier molecular flexibility index (Phi) is 5.74. The molecule has 2 N–H and O–H groups in total. The summed E-state index contributed by atoms with van der Waals surface area (Å²) in [5.74, 6) is -1.13. The van der Waals surface area contributed by atoms with Gasteiger partial charge < -0.3 is 10.4 Å². The van der Waals surface area contributed by atoms with Crippen LogP contribution in [0.4, 0.5) is 0 Å². The highest BCUT2D eigenvalue weighted by Gasteiger charge is 2.31. The van der Waals surface area contributed by atoms with Crippen molar-refractivity contribution >= 4 is 27.8 Å². The molecule has 0 spiro atoms. The minimum absolute atomic E-state index is 0.0706. The molecule has 0 radical (unpaired) electrons. The smallest absolute Gasteiger partial charge is 0.305 e. The van der Waals surface area contributed by atoms with Gasteiger partial charge in [-0.15, -0.1) is 0 Å². The van der Waals surface area contributed by atoms with Crippen LogP contribution in [0.5, 0.6) is 0 Å². The summed E-state index contributed by atoms with van der Waals surface area (Å²) in [4.78, 5) is 23.4. The molecule has 0 saturated heterocycles. The molecule has 0 atom stereocenters.